The lowest BCUT2D eigenvalue weighted by Crippen LogP contribution is -2.42. The molecule has 4 N–H and O–H groups in total. The number of amides is 3. The van der Waals surface area contributed by atoms with E-state index in [4.69, 9.17) is 4.74 Å². The summed E-state index contributed by atoms with van der Waals surface area (Å²) in [4.78, 5) is 37.7. The highest BCUT2D eigenvalue weighted by Crippen LogP contribution is 2.24. The van der Waals surface area contributed by atoms with Crippen LogP contribution in [0.2, 0.25) is 0 Å². The molecule has 0 radical (unpaired) electrons. The van der Waals surface area contributed by atoms with Gasteiger partial charge in [-0.3, -0.25) is 9.59 Å². The van der Waals surface area contributed by atoms with E-state index >= 15 is 0 Å². The van der Waals surface area contributed by atoms with Crippen LogP contribution in [0.1, 0.15) is 50.4 Å². The second kappa shape index (κ2) is 10.2. The van der Waals surface area contributed by atoms with Crippen LogP contribution in [0, 0.1) is 5.92 Å². The van der Waals surface area contributed by atoms with Crippen molar-refractivity contribution in [3.05, 3.63) is 23.8 Å². The zero-order valence-electron chi connectivity index (χ0n) is 17.7. The van der Waals surface area contributed by atoms with Crippen LogP contribution in [0.4, 0.5) is 4.79 Å². The van der Waals surface area contributed by atoms with E-state index in [1.54, 1.807) is 25.7 Å². The van der Waals surface area contributed by atoms with E-state index in [9.17, 15) is 24.6 Å². The van der Waals surface area contributed by atoms with E-state index < -0.39 is 11.7 Å². The Hall–Kier alpha value is -2.97. The van der Waals surface area contributed by atoms with Gasteiger partial charge in [0, 0.05) is 44.2 Å². The lowest BCUT2D eigenvalue weighted by atomic mass is 9.96. The van der Waals surface area contributed by atoms with Crippen molar-refractivity contribution in [3.8, 4) is 11.5 Å². The minimum absolute atomic E-state index is 0.153. The number of benzene rings is 1. The Labute approximate surface area is 176 Å². The molecule has 166 valence electrons. The third-order valence-corrected chi connectivity index (χ3v) is 4.66. The summed E-state index contributed by atoms with van der Waals surface area (Å²) in [5.41, 5.74) is -0.333. The molecular weight excluding hydrogens is 390 g/mol. The summed E-state index contributed by atoms with van der Waals surface area (Å²) in [7, 11) is 0. The van der Waals surface area contributed by atoms with Gasteiger partial charge in [0.1, 0.15) is 17.1 Å². The van der Waals surface area contributed by atoms with Crippen LogP contribution in [0.15, 0.2) is 18.2 Å². The number of hydrogen-bond acceptors (Lipinski definition) is 6. The first-order valence-electron chi connectivity index (χ1n) is 10.1. The molecule has 9 heteroatoms. The molecule has 1 aliphatic heterocycles. The largest absolute Gasteiger partial charge is 0.508 e. The Balaban J connectivity index is 1.66. The van der Waals surface area contributed by atoms with Crippen LogP contribution < -0.4 is 10.6 Å². The molecule has 0 unspecified atom stereocenters. The number of alkyl carbamates (subject to hydrolysis) is 1. The number of nitrogens with zero attached hydrogens (tertiary/aromatic N) is 1. The summed E-state index contributed by atoms with van der Waals surface area (Å²) in [6.45, 7) is 7.10. The number of hydrogen-bond donors (Lipinski definition) is 4. The number of aromatic hydroxyl groups is 2. The summed E-state index contributed by atoms with van der Waals surface area (Å²) >= 11 is 0. The lowest BCUT2D eigenvalue weighted by molar-refractivity contribution is -0.121. The van der Waals surface area contributed by atoms with Crippen LogP contribution in [0.5, 0.6) is 11.5 Å². The van der Waals surface area contributed by atoms with Gasteiger partial charge in [0.2, 0.25) is 5.91 Å². The minimum Gasteiger partial charge on any atom is -0.508 e. The van der Waals surface area contributed by atoms with Gasteiger partial charge in [0.05, 0.1) is 0 Å². The number of piperidine rings is 1. The number of phenols is 2. The maximum absolute atomic E-state index is 12.5. The average molecular weight is 421 g/mol. The lowest BCUT2D eigenvalue weighted by Gasteiger charge is -2.32. The van der Waals surface area contributed by atoms with Gasteiger partial charge < -0.3 is 30.5 Å². The summed E-state index contributed by atoms with van der Waals surface area (Å²) in [6, 6.07) is 3.84. The first-order chi connectivity index (χ1) is 14.0. The van der Waals surface area contributed by atoms with Gasteiger partial charge in [-0.2, -0.15) is 0 Å². The molecule has 0 spiro atoms. The third-order valence-electron chi connectivity index (χ3n) is 4.66. The maximum Gasteiger partial charge on any atom is 0.407 e. The molecule has 0 bridgehead atoms. The fourth-order valence-electron chi connectivity index (χ4n) is 3.18. The Bertz CT molecular complexity index is 746. The molecule has 1 saturated heterocycles. The van der Waals surface area contributed by atoms with E-state index in [1.165, 1.54) is 18.2 Å². The smallest absolute Gasteiger partial charge is 0.407 e. The van der Waals surface area contributed by atoms with E-state index in [1.807, 2.05) is 0 Å². The Morgan fingerprint density at radius 1 is 1.07 bits per heavy atom. The zero-order chi connectivity index (χ0) is 22.3. The van der Waals surface area contributed by atoms with E-state index in [2.05, 4.69) is 10.6 Å². The SMILES string of the molecule is CC(C)(C)OC(=O)NCCC(=O)NCC1CCN(C(=O)c2cc(O)cc(O)c2)CC1. The van der Waals surface area contributed by atoms with Crippen LogP contribution in [-0.2, 0) is 9.53 Å². The first kappa shape index (κ1) is 23.3. The fraction of sp³-hybridized carbons (Fsp3) is 0.571. The van der Waals surface area contributed by atoms with E-state index in [0.29, 0.717) is 19.6 Å². The molecule has 0 aromatic heterocycles. The predicted molar refractivity (Wildman–Crippen MR) is 110 cm³/mol. The topological polar surface area (TPSA) is 128 Å². The molecule has 0 aliphatic carbocycles. The van der Waals surface area contributed by atoms with Gasteiger partial charge in [-0.1, -0.05) is 0 Å². The monoisotopic (exact) mass is 421 g/mol. The molecule has 1 aliphatic rings. The molecule has 0 saturated carbocycles. The molecule has 30 heavy (non-hydrogen) atoms. The van der Waals surface area contributed by atoms with Crippen molar-refractivity contribution in [2.45, 2.75) is 45.6 Å². The summed E-state index contributed by atoms with van der Waals surface area (Å²) in [5.74, 6) is -0.444. The van der Waals surface area contributed by atoms with Crippen LogP contribution in [0.3, 0.4) is 0 Å². The number of likely N-dealkylation sites (tertiary alicyclic amines) is 1. The average Bonchev–Trinajstić information content (AvgIpc) is 2.64. The van der Waals surface area contributed by atoms with Crippen LogP contribution >= 0.6 is 0 Å². The quantitative estimate of drug-likeness (QED) is 0.556. The third kappa shape index (κ3) is 7.81. The molecule has 3 amide bonds. The van der Waals surface area contributed by atoms with Gasteiger partial charge in [-0.05, 0) is 51.7 Å². The van der Waals surface area contributed by atoms with Crippen molar-refractivity contribution in [1.29, 1.82) is 0 Å². The Morgan fingerprint density at radius 3 is 2.23 bits per heavy atom. The highest BCUT2D eigenvalue weighted by atomic mass is 16.6. The van der Waals surface area contributed by atoms with Crippen molar-refractivity contribution in [2.24, 2.45) is 5.92 Å². The molecule has 1 fully saturated rings. The van der Waals surface area contributed by atoms with Crippen molar-refractivity contribution >= 4 is 17.9 Å². The number of nitrogens with one attached hydrogen (secondary N) is 2. The fourth-order valence-corrected chi connectivity index (χ4v) is 3.18. The molecule has 1 aromatic rings. The van der Waals surface area contributed by atoms with E-state index in [0.717, 1.165) is 12.8 Å². The number of carbonyl (C=O) groups is 3. The standard InChI is InChI=1S/C21H31N3O6/c1-21(2,3)30-20(29)22-7-4-18(27)23-13-14-5-8-24(9-6-14)19(28)15-10-16(25)12-17(26)11-15/h10-12,14,25-26H,4-9,13H2,1-3H3,(H,22,29)(H,23,27). The second-order valence-corrected chi connectivity index (χ2v) is 8.46. The van der Waals surface area contributed by atoms with Gasteiger partial charge in [-0.15, -0.1) is 0 Å². The van der Waals surface area contributed by atoms with Crippen molar-refractivity contribution < 1.29 is 29.3 Å². The number of phenolic OH excluding ortho intramolecular Hbond substituents is 2. The first-order valence-corrected chi connectivity index (χ1v) is 10.1. The van der Waals surface area contributed by atoms with Gasteiger partial charge in [-0.25, -0.2) is 4.79 Å². The summed E-state index contributed by atoms with van der Waals surface area (Å²) < 4.78 is 5.11. The maximum atomic E-state index is 12.5. The van der Waals surface area contributed by atoms with Gasteiger partial charge in [0.25, 0.3) is 5.91 Å². The van der Waals surface area contributed by atoms with Crippen molar-refractivity contribution in [1.82, 2.24) is 15.5 Å². The summed E-state index contributed by atoms with van der Waals surface area (Å²) in [6.07, 6.45) is 1.10. The zero-order valence-corrected chi connectivity index (χ0v) is 17.7. The number of rotatable bonds is 6. The Morgan fingerprint density at radius 2 is 1.67 bits per heavy atom. The summed E-state index contributed by atoms with van der Waals surface area (Å²) in [5, 5.41) is 24.5. The van der Waals surface area contributed by atoms with Crippen molar-refractivity contribution in [3.63, 3.8) is 0 Å². The normalized spacial score (nSPS) is 14.8. The van der Waals surface area contributed by atoms with Gasteiger partial charge >= 0.3 is 6.09 Å². The van der Waals surface area contributed by atoms with E-state index in [-0.39, 0.29) is 47.8 Å². The molecule has 1 aromatic carbocycles. The predicted octanol–water partition coefficient (Wildman–Crippen LogP) is 1.98. The van der Waals surface area contributed by atoms with Crippen LogP contribution in [0.25, 0.3) is 0 Å². The molecule has 2 rings (SSSR count). The van der Waals surface area contributed by atoms with Crippen LogP contribution in [-0.4, -0.2) is 64.8 Å². The van der Waals surface area contributed by atoms with Crippen molar-refractivity contribution in [2.75, 3.05) is 26.2 Å². The molecule has 1 heterocycles. The highest BCUT2D eigenvalue weighted by molar-refractivity contribution is 5.95. The molecule has 0 atom stereocenters. The minimum atomic E-state index is -0.579. The molecular formula is C21H31N3O6. The van der Waals surface area contributed by atoms with Gasteiger partial charge in [0.15, 0.2) is 0 Å². The molecule has 9 nitrogen and oxygen atoms in total. The number of ether oxygens (including phenoxy) is 1. The number of carbonyl (C=O) groups excluding carboxylic acids is 3. The highest BCUT2D eigenvalue weighted by Gasteiger charge is 2.24. The second-order valence-electron chi connectivity index (χ2n) is 8.46. The Kier molecular flexibility index (Phi) is 7.91.